The Labute approximate surface area is 128 Å². The first-order chi connectivity index (χ1) is 9.87. The van der Waals surface area contributed by atoms with E-state index in [4.69, 9.17) is 0 Å². The van der Waals surface area contributed by atoms with Crippen LogP contribution in [0.25, 0.3) is 0 Å². The molecule has 1 saturated heterocycles. The van der Waals surface area contributed by atoms with Crippen molar-refractivity contribution >= 4 is 27.3 Å². The first-order valence-corrected chi connectivity index (χ1v) is 9.04. The second kappa shape index (κ2) is 6.43. The summed E-state index contributed by atoms with van der Waals surface area (Å²) in [5, 5.41) is 11.1. The van der Waals surface area contributed by atoms with Gasteiger partial charge in [-0.25, -0.2) is 13.2 Å². The molecule has 0 amide bonds. The Bertz CT molecular complexity index is 600. The molecule has 6 nitrogen and oxygen atoms in total. The summed E-state index contributed by atoms with van der Waals surface area (Å²) in [5.41, 5.74) is 0. The second-order valence-corrected chi connectivity index (χ2v) is 7.91. The largest absolute Gasteiger partial charge is 0.465 e. The van der Waals surface area contributed by atoms with Crippen LogP contribution in [0.15, 0.2) is 16.3 Å². The number of thiophene rings is 1. The minimum absolute atomic E-state index is 0.00912. The van der Waals surface area contributed by atoms with Gasteiger partial charge in [-0.15, -0.1) is 11.3 Å². The van der Waals surface area contributed by atoms with Crippen LogP contribution in [-0.4, -0.2) is 50.1 Å². The van der Waals surface area contributed by atoms with Gasteiger partial charge in [-0.05, 0) is 37.1 Å². The summed E-state index contributed by atoms with van der Waals surface area (Å²) in [6, 6.07) is 1.44. The fraction of sp³-hybridized carbons (Fsp3) is 0.615. The number of hydrogen-bond donors (Lipinski definition) is 1. The van der Waals surface area contributed by atoms with Gasteiger partial charge in [-0.1, -0.05) is 0 Å². The fourth-order valence-electron chi connectivity index (χ4n) is 2.48. The lowest BCUT2D eigenvalue weighted by Crippen LogP contribution is -2.40. The number of aliphatic hydroxyl groups excluding tert-OH is 1. The van der Waals surface area contributed by atoms with Gasteiger partial charge >= 0.3 is 5.97 Å². The van der Waals surface area contributed by atoms with Crippen molar-refractivity contribution in [1.82, 2.24) is 4.31 Å². The number of sulfonamides is 1. The molecule has 0 spiro atoms. The monoisotopic (exact) mass is 333 g/mol. The van der Waals surface area contributed by atoms with Crippen LogP contribution in [0.1, 0.15) is 29.4 Å². The van der Waals surface area contributed by atoms with Crippen molar-refractivity contribution in [3.05, 3.63) is 16.3 Å². The van der Waals surface area contributed by atoms with Crippen molar-refractivity contribution in [3.8, 4) is 0 Å². The van der Waals surface area contributed by atoms with Gasteiger partial charge in [-0.3, -0.25) is 0 Å². The van der Waals surface area contributed by atoms with Crippen LogP contribution in [-0.2, 0) is 14.8 Å². The number of rotatable bonds is 4. The summed E-state index contributed by atoms with van der Waals surface area (Å²) < 4.78 is 31.3. The highest BCUT2D eigenvalue weighted by molar-refractivity contribution is 7.89. The molecule has 1 aliphatic heterocycles. The summed E-state index contributed by atoms with van der Waals surface area (Å²) in [6.07, 6.45) is 0.810. The van der Waals surface area contributed by atoms with Crippen LogP contribution in [0.2, 0.25) is 0 Å². The number of aliphatic hydroxyl groups is 1. The van der Waals surface area contributed by atoms with Crippen LogP contribution in [0.4, 0.5) is 0 Å². The summed E-state index contributed by atoms with van der Waals surface area (Å²) >= 11 is 1.06. The van der Waals surface area contributed by atoms with Gasteiger partial charge in [0.25, 0.3) is 0 Å². The number of nitrogens with zero attached hydrogens (tertiary/aromatic N) is 1. The van der Waals surface area contributed by atoms with Crippen molar-refractivity contribution in [2.24, 2.45) is 5.92 Å². The number of piperidine rings is 1. The van der Waals surface area contributed by atoms with E-state index in [0.29, 0.717) is 25.9 Å². The summed E-state index contributed by atoms with van der Waals surface area (Å²) in [6.45, 7) is 2.44. The molecule has 1 aromatic rings. The Morgan fingerprint density at radius 1 is 1.48 bits per heavy atom. The Balaban J connectivity index is 2.20. The van der Waals surface area contributed by atoms with Crippen molar-refractivity contribution in [3.63, 3.8) is 0 Å². The minimum atomic E-state index is -3.69. The quantitative estimate of drug-likeness (QED) is 0.840. The second-order valence-electron chi connectivity index (χ2n) is 5.09. The maximum absolute atomic E-state index is 12.6. The molecule has 1 fully saturated rings. The Kier molecular flexibility index (Phi) is 5.03. The van der Waals surface area contributed by atoms with Crippen LogP contribution in [0, 0.1) is 5.92 Å². The predicted octanol–water partition coefficient (Wildman–Crippen LogP) is 1.32. The van der Waals surface area contributed by atoms with Gasteiger partial charge < -0.3 is 9.84 Å². The maximum Gasteiger partial charge on any atom is 0.349 e. The van der Waals surface area contributed by atoms with E-state index in [0.717, 1.165) is 11.3 Å². The number of ether oxygens (including phenoxy) is 1. The van der Waals surface area contributed by atoms with Gasteiger partial charge in [0.05, 0.1) is 13.2 Å². The number of carbonyl (C=O) groups excluding carboxylic acids is 1. The lowest BCUT2D eigenvalue weighted by atomic mass is 9.93. The van der Waals surface area contributed by atoms with E-state index in [1.807, 2.05) is 0 Å². The lowest BCUT2D eigenvalue weighted by molar-refractivity contribution is 0.0602. The third-order valence-electron chi connectivity index (χ3n) is 3.80. The SMILES string of the molecule is COC(=O)c1sccc1S(=O)(=O)N1CCC(C(C)O)CC1. The third-order valence-corrected chi connectivity index (χ3v) is 6.76. The average molecular weight is 333 g/mol. The molecule has 1 atom stereocenters. The van der Waals surface area contributed by atoms with Gasteiger partial charge in [0, 0.05) is 13.1 Å². The number of esters is 1. The van der Waals surface area contributed by atoms with Crippen molar-refractivity contribution < 1.29 is 23.1 Å². The molecule has 21 heavy (non-hydrogen) atoms. The molecule has 1 unspecified atom stereocenters. The fourth-order valence-corrected chi connectivity index (χ4v) is 5.26. The van der Waals surface area contributed by atoms with Crippen LogP contribution in [0.3, 0.4) is 0 Å². The zero-order valence-electron chi connectivity index (χ0n) is 12.0. The molecule has 8 heteroatoms. The number of methoxy groups -OCH3 is 1. The van der Waals surface area contributed by atoms with Crippen molar-refractivity contribution in [2.45, 2.75) is 30.8 Å². The number of carbonyl (C=O) groups is 1. The molecule has 1 aliphatic rings. The minimum Gasteiger partial charge on any atom is -0.465 e. The Morgan fingerprint density at radius 2 is 2.10 bits per heavy atom. The Morgan fingerprint density at radius 3 is 2.62 bits per heavy atom. The highest BCUT2D eigenvalue weighted by Crippen LogP contribution is 2.29. The van der Waals surface area contributed by atoms with E-state index in [2.05, 4.69) is 4.74 Å². The van der Waals surface area contributed by atoms with E-state index >= 15 is 0 Å². The van der Waals surface area contributed by atoms with Gasteiger partial charge in [0.2, 0.25) is 10.0 Å². The summed E-state index contributed by atoms with van der Waals surface area (Å²) in [5.74, 6) is -0.513. The zero-order chi connectivity index (χ0) is 15.6. The zero-order valence-corrected chi connectivity index (χ0v) is 13.6. The standard InChI is InChI=1S/C13H19NO5S2/c1-9(15)10-3-6-14(7-4-10)21(17,18)11-5-8-20-12(11)13(16)19-2/h5,8-10,15H,3-4,6-7H2,1-2H3. The van der Waals surface area contributed by atoms with Crippen molar-refractivity contribution in [1.29, 1.82) is 0 Å². The van der Waals surface area contributed by atoms with E-state index < -0.39 is 22.1 Å². The van der Waals surface area contributed by atoms with Gasteiger partial charge in [0.1, 0.15) is 9.77 Å². The van der Waals surface area contributed by atoms with Crippen LogP contribution in [0.5, 0.6) is 0 Å². The van der Waals surface area contributed by atoms with Gasteiger partial charge in [-0.2, -0.15) is 4.31 Å². The molecule has 1 aromatic heterocycles. The van der Waals surface area contributed by atoms with E-state index in [1.165, 1.54) is 17.5 Å². The first kappa shape index (κ1) is 16.4. The molecule has 0 bridgehead atoms. The van der Waals surface area contributed by atoms with E-state index in [9.17, 15) is 18.3 Å². The third kappa shape index (κ3) is 3.28. The number of hydrogen-bond acceptors (Lipinski definition) is 6. The van der Waals surface area contributed by atoms with Crippen LogP contribution >= 0.6 is 11.3 Å². The average Bonchev–Trinajstić information content (AvgIpc) is 2.96. The van der Waals surface area contributed by atoms with Crippen molar-refractivity contribution in [2.75, 3.05) is 20.2 Å². The molecule has 2 rings (SSSR count). The van der Waals surface area contributed by atoms with Gasteiger partial charge in [0.15, 0.2) is 0 Å². The highest BCUT2D eigenvalue weighted by atomic mass is 32.2. The Hall–Kier alpha value is -0.960. The van der Waals surface area contributed by atoms with E-state index in [1.54, 1.807) is 12.3 Å². The molecule has 0 saturated carbocycles. The first-order valence-electron chi connectivity index (χ1n) is 6.72. The smallest absolute Gasteiger partial charge is 0.349 e. The highest BCUT2D eigenvalue weighted by Gasteiger charge is 2.34. The van der Waals surface area contributed by atoms with Crippen LogP contribution < -0.4 is 0 Å². The molecular formula is C13H19NO5S2. The molecular weight excluding hydrogens is 314 g/mol. The molecule has 1 N–H and O–H groups in total. The molecule has 118 valence electrons. The maximum atomic E-state index is 12.6. The van der Waals surface area contributed by atoms with E-state index in [-0.39, 0.29) is 15.7 Å². The molecule has 0 aromatic carbocycles. The molecule has 0 aliphatic carbocycles. The topological polar surface area (TPSA) is 83.9 Å². The predicted molar refractivity (Wildman–Crippen MR) is 78.8 cm³/mol. The normalized spacial score (nSPS) is 19.4. The summed E-state index contributed by atoms with van der Waals surface area (Å²) in [4.78, 5) is 11.8. The lowest BCUT2D eigenvalue weighted by Gasteiger charge is -2.32. The molecule has 0 radical (unpaired) electrons. The molecule has 2 heterocycles. The summed E-state index contributed by atoms with van der Waals surface area (Å²) in [7, 11) is -2.46.